The average molecular weight is 550 g/mol. The summed E-state index contributed by atoms with van der Waals surface area (Å²) in [5, 5.41) is 4.56. The first-order chi connectivity index (χ1) is 19.8. The number of nitrogens with zero attached hydrogens (tertiary/aromatic N) is 3. The Kier molecular flexibility index (Phi) is 8.19. The minimum Gasteiger partial charge on any atom is -0.444 e. The number of aromatic nitrogens is 3. The minimum atomic E-state index is -0.747. The van der Waals surface area contributed by atoms with E-state index in [2.05, 4.69) is 75.7 Å². The number of primary amides is 1. The highest BCUT2D eigenvalue weighted by molar-refractivity contribution is 5.90. The van der Waals surface area contributed by atoms with Crippen molar-refractivity contribution >= 4 is 22.8 Å². The normalized spacial score (nSPS) is 11.5. The highest BCUT2D eigenvalue weighted by Gasteiger charge is 2.21. The third-order valence-corrected chi connectivity index (χ3v) is 7.20. The molecular weight excluding hydrogens is 514 g/mol. The Morgan fingerprint density at radius 2 is 1.51 bits per heavy atom. The van der Waals surface area contributed by atoms with Gasteiger partial charge in [-0.15, -0.1) is 0 Å². The molecule has 0 saturated heterocycles. The molecular formula is C33H35N5O3. The molecule has 8 nitrogen and oxygen atoms in total. The Labute approximate surface area is 239 Å². The molecule has 0 saturated carbocycles. The number of amides is 1. The molecule has 41 heavy (non-hydrogen) atoms. The number of hydrogen-bond donors (Lipinski definition) is 2. The second kappa shape index (κ2) is 12.1. The molecule has 0 atom stereocenters. The molecule has 5 rings (SSSR count). The van der Waals surface area contributed by atoms with Gasteiger partial charge in [-0.25, -0.2) is 9.78 Å². The van der Waals surface area contributed by atoms with Crippen molar-refractivity contribution in [1.82, 2.24) is 14.1 Å². The lowest BCUT2D eigenvalue weighted by Crippen LogP contribution is -2.31. The zero-order valence-electron chi connectivity index (χ0n) is 23.4. The fraction of sp³-hybridized carbons (Fsp3) is 0.242. The second-order valence-electron chi connectivity index (χ2n) is 10.9. The molecule has 2 aromatic carbocycles. The van der Waals surface area contributed by atoms with Crippen molar-refractivity contribution in [3.05, 3.63) is 130 Å². The van der Waals surface area contributed by atoms with Gasteiger partial charge in [-0.2, -0.15) is 0 Å². The van der Waals surface area contributed by atoms with Crippen LogP contribution in [0.3, 0.4) is 0 Å². The van der Waals surface area contributed by atoms with E-state index in [0.29, 0.717) is 19.5 Å². The monoisotopic (exact) mass is 549 g/mol. The van der Waals surface area contributed by atoms with Crippen LogP contribution in [0, 0.1) is 0 Å². The molecule has 3 N–H and O–H groups in total. The van der Waals surface area contributed by atoms with E-state index in [1.165, 1.54) is 11.1 Å². The molecule has 1 amide bonds. The van der Waals surface area contributed by atoms with E-state index in [-0.39, 0.29) is 5.56 Å². The van der Waals surface area contributed by atoms with E-state index in [0.717, 1.165) is 40.8 Å². The number of hydrogen-bond acceptors (Lipinski definition) is 5. The summed E-state index contributed by atoms with van der Waals surface area (Å²) >= 11 is 0. The van der Waals surface area contributed by atoms with Gasteiger partial charge in [-0.3, -0.25) is 4.79 Å². The Morgan fingerprint density at radius 1 is 0.854 bits per heavy atom. The number of aryl methyl sites for hydroxylation is 1. The van der Waals surface area contributed by atoms with Gasteiger partial charge in [0.2, 0.25) is 0 Å². The van der Waals surface area contributed by atoms with Crippen LogP contribution in [0.4, 0.5) is 10.6 Å². The van der Waals surface area contributed by atoms with Gasteiger partial charge in [0, 0.05) is 43.1 Å². The van der Waals surface area contributed by atoms with E-state index in [4.69, 9.17) is 10.5 Å². The van der Waals surface area contributed by atoms with Crippen molar-refractivity contribution in [2.24, 2.45) is 5.73 Å². The van der Waals surface area contributed by atoms with Crippen LogP contribution in [0.15, 0.2) is 102 Å². The average Bonchev–Trinajstić information content (AvgIpc) is 3.36. The summed E-state index contributed by atoms with van der Waals surface area (Å²) in [6, 6.07) is 26.1. The lowest BCUT2D eigenvalue weighted by atomic mass is 9.98. The van der Waals surface area contributed by atoms with Crippen LogP contribution in [0.1, 0.15) is 42.5 Å². The zero-order chi connectivity index (χ0) is 28.8. The lowest BCUT2D eigenvalue weighted by molar-refractivity contribution is 0.0394. The van der Waals surface area contributed by atoms with Crippen LogP contribution < -0.4 is 16.6 Å². The molecule has 8 heteroatoms. The van der Waals surface area contributed by atoms with Crippen molar-refractivity contribution in [3.8, 4) is 0 Å². The molecule has 0 fully saturated rings. The number of fused-ring (bicyclic) bond motifs is 1. The third-order valence-electron chi connectivity index (χ3n) is 7.20. The highest BCUT2D eigenvalue weighted by Crippen LogP contribution is 2.24. The topological polar surface area (TPSA) is 104 Å². The van der Waals surface area contributed by atoms with Gasteiger partial charge < -0.3 is 24.9 Å². The quantitative estimate of drug-likeness (QED) is 0.220. The van der Waals surface area contributed by atoms with Crippen molar-refractivity contribution in [2.75, 3.05) is 5.32 Å². The number of benzene rings is 2. The molecule has 0 bridgehead atoms. The predicted octanol–water partition coefficient (Wildman–Crippen LogP) is 5.71. The van der Waals surface area contributed by atoms with Gasteiger partial charge in [0.1, 0.15) is 11.4 Å². The molecule has 0 radical (unpaired) electrons. The Balaban J connectivity index is 1.19. The Morgan fingerprint density at radius 3 is 2.20 bits per heavy atom. The Bertz CT molecular complexity index is 1690. The summed E-state index contributed by atoms with van der Waals surface area (Å²) in [5.41, 5.74) is 10.3. The molecule has 3 aromatic heterocycles. The summed E-state index contributed by atoms with van der Waals surface area (Å²) in [6.07, 6.45) is 6.47. The van der Waals surface area contributed by atoms with Crippen molar-refractivity contribution in [1.29, 1.82) is 0 Å². The van der Waals surface area contributed by atoms with Crippen molar-refractivity contribution in [2.45, 2.75) is 51.9 Å². The second-order valence-corrected chi connectivity index (χ2v) is 10.9. The maximum Gasteiger partial charge on any atom is 0.405 e. The molecule has 0 aliphatic rings. The summed E-state index contributed by atoms with van der Waals surface area (Å²) < 4.78 is 9.10. The van der Waals surface area contributed by atoms with Crippen LogP contribution in [0.5, 0.6) is 0 Å². The fourth-order valence-electron chi connectivity index (χ4n) is 4.91. The standard InChI is InChI=1S/C33H35N5O3/c1-33(2,41-32(34)40)17-14-24-6-8-25(9-7-24)21-36-31-28-16-20-37(29(28)15-18-35-31)22-26-10-12-27(13-11-26)23-38-19-4-3-5-30(38)39/h3-13,15-16,18-20H,14,17,21-23H2,1-2H3,(H2,34,40)(H,35,36). The van der Waals surface area contributed by atoms with E-state index < -0.39 is 11.7 Å². The first-order valence-corrected chi connectivity index (χ1v) is 13.7. The lowest BCUT2D eigenvalue weighted by Gasteiger charge is -2.23. The van der Waals surface area contributed by atoms with E-state index in [1.807, 2.05) is 38.4 Å². The number of nitrogens with two attached hydrogens (primary N) is 1. The van der Waals surface area contributed by atoms with Crippen LogP contribution >= 0.6 is 0 Å². The number of anilines is 1. The van der Waals surface area contributed by atoms with Crippen LogP contribution in [0.2, 0.25) is 0 Å². The zero-order valence-corrected chi connectivity index (χ0v) is 23.4. The number of ether oxygens (including phenoxy) is 1. The van der Waals surface area contributed by atoms with E-state index >= 15 is 0 Å². The van der Waals surface area contributed by atoms with Gasteiger partial charge >= 0.3 is 6.09 Å². The van der Waals surface area contributed by atoms with Gasteiger partial charge in [0.25, 0.3) is 5.56 Å². The van der Waals surface area contributed by atoms with Gasteiger partial charge in [0.15, 0.2) is 0 Å². The minimum absolute atomic E-state index is 0.00111. The summed E-state index contributed by atoms with van der Waals surface area (Å²) in [7, 11) is 0. The molecule has 3 heterocycles. The third kappa shape index (κ3) is 7.22. The van der Waals surface area contributed by atoms with Crippen LogP contribution in [-0.2, 0) is 30.8 Å². The van der Waals surface area contributed by atoms with E-state index in [1.54, 1.807) is 16.7 Å². The smallest absolute Gasteiger partial charge is 0.405 e. The largest absolute Gasteiger partial charge is 0.444 e. The van der Waals surface area contributed by atoms with Crippen molar-refractivity contribution < 1.29 is 9.53 Å². The molecule has 0 unspecified atom stereocenters. The summed E-state index contributed by atoms with van der Waals surface area (Å²) in [6.45, 7) is 5.68. The SMILES string of the molecule is CC(C)(CCc1ccc(CNc2nccc3c2ccn3Cc2ccc(Cn3ccccc3=O)cc2)cc1)OC(N)=O. The van der Waals surface area contributed by atoms with Gasteiger partial charge in [-0.1, -0.05) is 54.6 Å². The van der Waals surface area contributed by atoms with Crippen LogP contribution in [-0.4, -0.2) is 25.8 Å². The number of carbonyl (C=O) groups excluding carboxylic acids is 1. The summed E-state index contributed by atoms with van der Waals surface area (Å²) in [4.78, 5) is 27.7. The first-order valence-electron chi connectivity index (χ1n) is 13.7. The van der Waals surface area contributed by atoms with Gasteiger partial charge in [0.05, 0.1) is 12.1 Å². The van der Waals surface area contributed by atoms with Crippen LogP contribution in [0.25, 0.3) is 10.9 Å². The highest BCUT2D eigenvalue weighted by atomic mass is 16.6. The molecule has 0 aliphatic carbocycles. The Hall–Kier alpha value is -4.85. The number of rotatable bonds is 11. The predicted molar refractivity (Wildman–Crippen MR) is 162 cm³/mol. The van der Waals surface area contributed by atoms with E-state index in [9.17, 15) is 9.59 Å². The summed E-state index contributed by atoms with van der Waals surface area (Å²) in [5.74, 6) is 0.847. The number of nitrogens with one attached hydrogen (secondary N) is 1. The first kappa shape index (κ1) is 27.7. The number of carbonyl (C=O) groups is 1. The fourth-order valence-corrected chi connectivity index (χ4v) is 4.91. The molecule has 0 aliphatic heterocycles. The maximum absolute atomic E-state index is 12.0. The molecule has 5 aromatic rings. The maximum atomic E-state index is 12.0. The van der Waals surface area contributed by atoms with Gasteiger partial charge in [-0.05, 0) is 67.1 Å². The number of pyridine rings is 2. The van der Waals surface area contributed by atoms with Crippen molar-refractivity contribution in [3.63, 3.8) is 0 Å². The molecule has 0 spiro atoms. The molecule has 210 valence electrons.